The van der Waals surface area contributed by atoms with Gasteiger partial charge < -0.3 is 4.57 Å². The number of rotatable bonds is 2. The van der Waals surface area contributed by atoms with Gasteiger partial charge in [0.05, 0.1) is 0 Å². The highest BCUT2D eigenvalue weighted by Crippen LogP contribution is 2.26. The van der Waals surface area contributed by atoms with Gasteiger partial charge in [0.15, 0.2) is 5.15 Å². The maximum Gasteiger partial charge on any atom is 0.166 e. The van der Waals surface area contributed by atoms with Crippen LogP contribution in [0.3, 0.4) is 0 Å². The molecule has 0 N–H and O–H groups in total. The van der Waals surface area contributed by atoms with E-state index < -0.39 is 0 Å². The van der Waals surface area contributed by atoms with Crippen LogP contribution in [0.1, 0.15) is 25.7 Å². The Morgan fingerprint density at radius 1 is 1.50 bits per heavy atom. The van der Waals surface area contributed by atoms with Crippen molar-refractivity contribution in [2.45, 2.75) is 19.9 Å². The maximum atomic E-state index is 5.91. The number of hydrogen-bond acceptors (Lipinski definition) is 1. The Labute approximate surface area is 81.8 Å². The number of aromatic nitrogens is 2. The molecule has 0 saturated heterocycles. The fourth-order valence-electron chi connectivity index (χ4n) is 1.04. The number of nitrogens with zero attached hydrogens (tertiary/aromatic N) is 2. The summed E-state index contributed by atoms with van der Waals surface area (Å²) in [6.45, 7) is 7.65. The van der Waals surface area contributed by atoms with Crippen LogP contribution in [-0.2, 0) is 0 Å². The summed E-state index contributed by atoms with van der Waals surface area (Å²) in [5.74, 6) is 0.708. The smallest absolute Gasteiger partial charge is 0.166 e. The van der Waals surface area contributed by atoms with E-state index in [2.05, 4.69) is 11.6 Å². The zero-order valence-corrected chi connectivity index (χ0v) is 8.52. The summed E-state index contributed by atoms with van der Waals surface area (Å²) in [6.07, 6.45) is 1.64. The van der Waals surface area contributed by atoms with Gasteiger partial charge in [0.1, 0.15) is 11.0 Å². The van der Waals surface area contributed by atoms with Gasteiger partial charge in [0, 0.05) is 6.04 Å². The quantitative estimate of drug-likeness (QED) is 0.723. The van der Waals surface area contributed by atoms with Crippen LogP contribution in [0.15, 0.2) is 6.58 Å². The molecule has 2 nitrogen and oxygen atoms in total. The van der Waals surface area contributed by atoms with E-state index in [-0.39, 0.29) is 6.04 Å². The van der Waals surface area contributed by atoms with Gasteiger partial charge in [-0.3, -0.25) is 0 Å². The highest BCUT2D eigenvalue weighted by Gasteiger charge is 2.13. The second-order valence-electron chi connectivity index (χ2n) is 2.72. The van der Waals surface area contributed by atoms with Crippen LogP contribution in [0.2, 0.25) is 10.3 Å². The second kappa shape index (κ2) is 3.50. The fraction of sp³-hybridized carbons (Fsp3) is 0.375. The number of hydrogen-bond donors (Lipinski definition) is 0. The summed E-state index contributed by atoms with van der Waals surface area (Å²) in [7, 11) is 0. The Morgan fingerprint density at radius 2 is 2.08 bits per heavy atom. The monoisotopic (exact) mass is 204 g/mol. The summed E-state index contributed by atoms with van der Waals surface area (Å²) >= 11 is 11.7. The Bertz CT molecular complexity index is 302. The minimum absolute atomic E-state index is 0.241. The molecular formula is C8H10Cl2N2. The van der Waals surface area contributed by atoms with Crippen LogP contribution in [0.4, 0.5) is 0 Å². The normalized spacial score (nSPS) is 10.8. The third-order valence-electron chi connectivity index (χ3n) is 1.54. The first-order chi connectivity index (χ1) is 5.57. The average Bonchev–Trinajstić information content (AvgIpc) is 2.28. The Kier molecular flexibility index (Phi) is 2.80. The van der Waals surface area contributed by atoms with Crippen LogP contribution in [0, 0.1) is 0 Å². The van der Waals surface area contributed by atoms with E-state index in [0.717, 1.165) is 0 Å². The van der Waals surface area contributed by atoms with Gasteiger partial charge in [-0.25, -0.2) is 4.98 Å². The number of imidazole rings is 1. The van der Waals surface area contributed by atoms with Crippen molar-refractivity contribution in [3.8, 4) is 0 Å². The van der Waals surface area contributed by atoms with Crippen molar-refractivity contribution in [3.63, 3.8) is 0 Å². The third-order valence-corrected chi connectivity index (χ3v) is 2.26. The molecule has 0 bridgehead atoms. The molecule has 1 aromatic rings. The Balaban J connectivity index is 3.30. The molecule has 12 heavy (non-hydrogen) atoms. The Morgan fingerprint density at radius 3 is 2.42 bits per heavy atom. The highest BCUT2D eigenvalue weighted by molar-refractivity contribution is 6.40. The molecule has 0 amide bonds. The zero-order chi connectivity index (χ0) is 9.30. The largest absolute Gasteiger partial charge is 0.312 e. The molecule has 1 heterocycles. The number of halogens is 2. The lowest BCUT2D eigenvalue weighted by Crippen LogP contribution is -2.02. The molecule has 0 radical (unpaired) electrons. The first-order valence-corrected chi connectivity index (χ1v) is 4.39. The van der Waals surface area contributed by atoms with E-state index in [1.807, 2.05) is 18.4 Å². The van der Waals surface area contributed by atoms with Gasteiger partial charge in [0.2, 0.25) is 0 Å². The summed E-state index contributed by atoms with van der Waals surface area (Å²) in [6, 6.07) is 0.241. The van der Waals surface area contributed by atoms with E-state index in [1.165, 1.54) is 0 Å². The second-order valence-corrected chi connectivity index (χ2v) is 3.44. The molecule has 0 aliphatic heterocycles. The first kappa shape index (κ1) is 9.62. The topological polar surface area (TPSA) is 17.8 Å². The van der Waals surface area contributed by atoms with Gasteiger partial charge in [-0.2, -0.15) is 0 Å². The minimum Gasteiger partial charge on any atom is -0.312 e. The van der Waals surface area contributed by atoms with E-state index in [9.17, 15) is 0 Å². The summed E-state index contributed by atoms with van der Waals surface area (Å²) < 4.78 is 1.83. The lowest BCUT2D eigenvalue weighted by molar-refractivity contribution is 0.595. The molecule has 0 saturated carbocycles. The van der Waals surface area contributed by atoms with Crippen molar-refractivity contribution in [2.75, 3.05) is 0 Å². The molecule has 0 aliphatic rings. The zero-order valence-electron chi connectivity index (χ0n) is 7.01. The van der Waals surface area contributed by atoms with Crippen molar-refractivity contribution in [1.82, 2.24) is 9.55 Å². The molecule has 0 atom stereocenters. The minimum atomic E-state index is 0.241. The maximum absolute atomic E-state index is 5.91. The van der Waals surface area contributed by atoms with Gasteiger partial charge in [-0.1, -0.05) is 29.8 Å². The standard InChI is InChI=1S/C8H10Cl2N2/c1-4-6-11-7(9)8(10)12(6)5(2)3/h4-5H,1H2,2-3H3. The predicted molar refractivity (Wildman–Crippen MR) is 52.7 cm³/mol. The molecule has 0 aliphatic carbocycles. The summed E-state index contributed by atoms with van der Waals surface area (Å²) in [5.41, 5.74) is 0. The molecule has 0 unspecified atom stereocenters. The SMILES string of the molecule is C=Cc1nc(Cl)c(Cl)n1C(C)C. The average molecular weight is 205 g/mol. The van der Waals surface area contributed by atoms with E-state index in [4.69, 9.17) is 23.2 Å². The molecule has 0 spiro atoms. The first-order valence-electron chi connectivity index (χ1n) is 3.63. The van der Waals surface area contributed by atoms with Crippen LogP contribution >= 0.6 is 23.2 Å². The van der Waals surface area contributed by atoms with Crippen molar-refractivity contribution in [2.24, 2.45) is 0 Å². The van der Waals surface area contributed by atoms with Crippen molar-refractivity contribution in [1.29, 1.82) is 0 Å². The van der Waals surface area contributed by atoms with E-state index in [0.29, 0.717) is 16.1 Å². The fourth-order valence-corrected chi connectivity index (χ4v) is 1.54. The van der Waals surface area contributed by atoms with Crippen molar-refractivity contribution in [3.05, 3.63) is 22.7 Å². The lowest BCUT2D eigenvalue weighted by Gasteiger charge is -2.09. The van der Waals surface area contributed by atoms with Gasteiger partial charge in [-0.15, -0.1) is 0 Å². The van der Waals surface area contributed by atoms with Crippen LogP contribution in [0.25, 0.3) is 6.08 Å². The van der Waals surface area contributed by atoms with Crippen LogP contribution < -0.4 is 0 Å². The van der Waals surface area contributed by atoms with Crippen molar-refractivity contribution < 1.29 is 0 Å². The molecule has 0 fully saturated rings. The molecule has 1 aromatic heterocycles. The van der Waals surface area contributed by atoms with Gasteiger partial charge >= 0.3 is 0 Å². The van der Waals surface area contributed by atoms with Gasteiger partial charge in [0.25, 0.3) is 0 Å². The molecular weight excluding hydrogens is 195 g/mol. The van der Waals surface area contributed by atoms with Gasteiger partial charge in [-0.05, 0) is 19.9 Å². The van der Waals surface area contributed by atoms with Crippen molar-refractivity contribution >= 4 is 29.3 Å². The third kappa shape index (κ3) is 1.50. The summed E-state index contributed by atoms with van der Waals surface area (Å²) in [5, 5.41) is 0.807. The molecule has 0 aromatic carbocycles. The molecule has 1 rings (SSSR count). The van der Waals surface area contributed by atoms with Crippen LogP contribution in [0.5, 0.6) is 0 Å². The molecule has 66 valence electrons. The van der Waals surface area contributed by atoms with E-state index in [1.54, 1.807) is 6.08 Å². The Hall–Kier alpha value is -0.470. The summed E-state index contributed by atoms with van der Waals surface area (Å²) in [4.78, 5) is 4.03. The van der Waals surface area contributed by atoms with E-state index >= 15 is 0 Å². The van der Waals surface area contributed by atoms with Crippen LogP contribution in [-0.4, -0.2) is 9.55 Å². The molecule has 4 heteroatoms. The highest BCUT2D eigenvalue weighted by atomic mass is 35.5. The lowest BCUT2D eigenvalue weighted by atomic mass is 10.4. The predicted octanol–water partition coefficient (Wildman–Crippen LogP) is 3.41.